The molecule has 4 heteroatoms. The highest BCUT2D eigenvalue weighted by Gasteiger charge is 2.44. The number of halogens is 2. The van der Waals surface area contributed by atoms with Crippen LogP contribution in [-0.2, 0) is 4.18 Å². The first-order valence-corrected chi connectivity index (χ1v) is 3.65. The van der Waals surface area contributed by atoms with E-state index in [0.717, 1.165) is 0 Å². The second kappa shape index (κ2) is 3.05. The van der Waals surface area contributed by atoms with Gasteiger partial charge in [-0.05, 0) is 25.2 Å². The maximum Gasteiger partial charge on any atom is 0.248 e. The summed E-state index contributed by atoms with van der Waals surface area (Å²) < 4.78 is 28.8. The highest BCUT2D eigenvalue weighted by Crippen LogP contribution is 2.43. The van der Waals surface area contributed by atoms with Crippen molar-refractivity contribution in [2.45, 2.75) is 25.2 Å². The quantitative estimate of drug-likeness (QED) is 0.502. The van der Waals surface area contributed by atoms with Crippen molar-refractivity contribution < 1.29 is 13.0 Å². The fourth-order valence-electron chi connectivity index (χ4n) is 1.21. The van der Waals surface area contributed by atoms with Crippen LogP contribution in [0, 0.1) is 5.92 Å². The zero-order valence-corrected chi connectivity index (χ0v) is 6.41. The first kappa shape index (κ1) is 8.27. The molecule has 0 amide bonds. The number of thiol groups is 1. The summed E-state index contributed by atoms with van der Waals surface area (Å²) >= 11 is 3.51. The summed E-state index contributed by atoms with van der Waals surface area (Å²) in [5.41, 5.74) is 0. The first-order valence-electron chi connectivity index (χ1n) is 3.28. The Morgan fingerprint density at radius 2 is 2.10 bits per heavy atom. The standard InChI is InChI=1S/C6H10F2OS/c7-6(8)3-5(4-6)1-2-9-10/h5,10H,1-4H2. The Hall–Kier alpha value is 0.170. The van der Waals surface area contributed by atoms with E-state index < -0.39 is 5.92 Å². The van der Waals surface area contributed by atoms with Gasteiger partial charge in [0.2, 0.25) is 5.92 Å². The molecule has 1 nitrogen and oxygen atoms in total. The fourth-order valence-corrected chi connectivity index (χ4v) is 1.31. The third kappa shape index (κ3) is 2.09. The highest BCUT2D eigenvalue weighted by atomic mass is 32.1. The highest BCUT2D eigenvalue weighted by molar-refractivity contribution is 7.75. The van der Waals surface area contributed by atoms with Gasteiger partial charge in [0.25, 0.3) is 0 Å². The predicted octanol–water partition coefficient (Wildman–Crippen LogP) is 2.28. The van der Waals surface area contributed by atoms with Gasteiger partial charge in [0.1, 0.15) is 0 Å². The molecular formula is C6H10F2OS. The number of rotatable bonds is 3. The van der Waals surface area contributed by atoms with Crippen LogP contribution in [0.25, 0.3) is 0 Å². The van der Waals surface area contributed by atoms with Crippen molar-refractivity contribution in [1.29, 1.82) is 0 Å². The second-order valence-electron chi connectivity index (χ2n) is 2.75. The largest absolute Gasteiger partial charge is 0.318 e. The second-order valence-corrected chi connectivity index (χ2v) is 3.01. The van der Waals surface area contributed by atoms with Crippen molar-refractivity contribution in [2.75, 3.05) is 6.61 Å². The molecule has 1 aliphatic rings. The summed E-state index contributed by atoms with van der Waals surface area (Å²) in [4.78, 5) is 0. The lowest BCUT2D eigenvalue weighted by Crippen LogP contribution is -2.35. The molecule has 1 rings (SSSR count). The lowest BCUT2D eigenvalue weighted by atomic mass is 9.79. The fraction of sp³-hybridized carbons (Fsp3) is 1.00. The molecule has 0 aromatic carbocycles. The Kier molecular flexibility index (Phi) is 2.52. The van der Waals surface area contributed by atoms with E-state index in [-0.39, 0.29) is 18.8 Å². The van der Waals surface area contributed by atoms with E-state index >= 15 is 0 Å². The molecule has 10 heavy (non-hydrogen) atoms. The van der Waals surface area contributed by atoms with Crippen molar-refractivity contribution in [2.24, 2.45) is 5.92 Å². The monoisotopic (exact) mass is 168 g/mol. The molecule has 1 saturated carbocycles. The van der Waals surface area contributed by atoms with Gasteiger partial charge in [0, 0.05) is 12.8 Å². The molecule has 0 aliphatic heterocycles. The van der Waals surface area contributed by atoms with Gasteiger partial charge >= 0.3 is 0 Å². The van der Waals surface area contributed by atoms with E-state index in [4.69, 9.17) is 0 Å². The molecule has 0 spiro atoms. The number of hydrogen-bond acceptors (Lipinski definition) is 2. The first-order chi connectivity index (χ1) is 4.64. The molecule has 0 saturated heterocycles. The van der Waals surface area contributed by atoms with Crippen LogP contribution in [0.3, 0.4) is 0 Å². The van der Waals surface area contributed by atoms with E-state index in [9.17, 15) is 8.78 Å². The molecule has 0 aromatic rings. The third-order valence-corrected chi connectivity index (χ3v) is 1.97. The molecule has 1 aliphatic carbocycles. The summed E-state index contributed by atoms with van der Waals surface area (Å²) in [5.74, 6) is -2.23. The normalized spacial score (nSPS) is 24.3. The molecule has 0 bridgehead atoms. The van der Waals surface area contributed by atoms with E-state index in [1.165, 1.54) is 0 Å². The Bertz CT molecular complexity index is 110. The van der Waals surface area contributed by atoms with E-state index in [0.29, 0.717) is 13.0 Å². The average Bonchev–Trinajstić information content (AvgIpc) is 1.78. The summed E-state index contributed by atoms with van der Waals surface area (Å²) in [5, 5.41) is 0. The lowest BCUT2D eigenvalue weighted by molar-refractivity contribution is -0.113. The zero-order chi connectivity index (χ0) is 7.61. The van der Waals surface area contributed by atoms with Crippen molar-refractivity contribution in [3.63, 3.8) is 0 Å². The Morgan fingerprint density at radius 1 is 1.50 bits per heavy atom. The maximum atomic E-state index is 12.2. The molecule has 60 valence electrons. The van der Waals surface area contributed by atoms with E-state index in [1.807, 2.05) is 0 Å². The summed E-state index contributed by atoms with van der Waals surface area (Å²) in [6.45, 7) is 0.476. The van der Waals surface area contributed by atoms with Gasteiger partial charge in [-0.1, -0.05) is 0 Å². The summed E-state index contributed by atoms with van der Waals surface area (Å²) in [7, 11) is 0. The van der Waals surface area contributed by atoms with Crippen molar-refractivity contribution in [3.8, 4) is 0 Å². The van der Waals surface area contributed by atoms with Crippen LogP contribution in [0.2, 0.25) is 0 Å². The average molecular weight is 168 g/mol. The Morgan fingerprint density at radius 3 is 2.50 bits per heavy atom. The summed E-state index contributed by atoms with van der Waals surface area (Å²) in [6, 6.07) is 0. The number of hydrogen-bond donors (Lipinski definition) is 1. The van der Waals surface area contributed by atoms with Crippen molar-refractivity contribution >= 4 is 12.9 Å². The van der Waals surface area contributed by atoms with Crippen LogP contribution in [-0.4, -0.2) is 12.5 Å². The van der Waals surface area contributed by atoms with Crippen LogP contribution < -0.4 is 0 Å². The van der Waals surface area contributed by atoms with Crippen LogP contribution in [0.5, 0.6) is 0 Å². The van der Waals surface area contributed by atoms with Crippen molar-refractivity contribution in [1.82, 2.24) is 0 Å². The Balaban J connectivity index is 2.03. The van der Waals surface area contributed by atoms with Gasteiger partial charge in [-0.3, -0.25) is 0 Å². The molecule has 0 radical (unpaired) electrons. The van der Waals surface area contributed by atoms with E-state index in [1.54, 1.807) is 0 Å². The molecule has 0 aromatic heterocycles. The van der Waals surface area contributed by atoms with Gasteiger partial charge in [-0.25, -0.2) is 8.78 Å². The third-order valence-electron chi connectivity index (χ3n) is 1.79. The van der Waals surface area contributed by atoms with Gasteiger partial charge in [0.05, 0.1) is 6.61 Å². The van der Waals surface area contributed by atoms with Gasteiger partial charge in [0.15, 0.2) is 0 Å². The predicted molar refractivity (Wildman–Crippen MR) is 37.2 cm³/mol. The maximum absolute atomic E-state index is 12.2. The SMILES string of the molecule is FC1(F)CC(CCOS)C1. The van der Waals surface area contributed by atoms with Crippen LogP contribution >= 0.6 is 12.9 Å². The molecule has 0 unspecified atom stereocenters. The van der Waals surface area contributed by atoms with Crippen LogP contribution in [0.15, 0.2) is 0 Å². The lowest BCUT2D eigenvalue weighted by Gasteiger charge is -2.34. The van der Waals surface area contributed by atoms with E-state index in [2.05, 4.69) is 17.1 Å². The minimum atomic E-state index is -2.39. The smallest absolute Gasteiger partial charge is 0.248 e. The molecule has 1 fully saturated rings. The van der Waals surface area contributed by atoms with Gasteiger partial charge in [-0.2, -0.15) is 0 Å². The minimum absolute atomic E-state index is 0.0319. The number of alkyl halides is 2. The summed E-state index contributed by atoms with van der Waals surface area (Å²) in [6.07, 6.45) is 0.771. The van der Waals surface area contributed by atoms with Crippen LogP contribution in [0.1, 0.15) is 19.3 Å². The van der Waals surface area contributed by atoms with Gasteiger partial charge < -0.3 is 4.18 Å². The minimum Gasteiger partial charge on any atom is -0.318 e. The van der Waals surface area contributed by atoms with Crippen LogP contribution in [0.4, 0.5) is 8.78 Å². The van der Waals surface area contributed by atoms with Crippen molar-refractivity contribution in [3.05, 3.63) is 0 Å². The molecular weight excluding hydrogens is 158 g/mol. The Labute approximate surface area is 64.4 Å². The zero-order valence-electron chi connectivity index (χ0n) is 5.52. The molecule has 0 N–H and O–H groups in total. The topological polar surface area (TPSA) is 9.23 Å². The van der Waals surface area contributed by atoms with Gasteiger partial charge in [-0.15, -0.1) is 0 Å². The molecule has 0 atom stereocenters. The molecule has 0 heterocycles.